The summed E-state index contributed by atoms with van der Waals surface area (Å²) in [4.78, 5) is 9.49. The second kappa shape index (κ2) is 8.09. The molecule has 1 aliphatic rings. The summed E-state index contributed by atoms with van der Waals surface area (Å²) in [6.45, 7) is 9.27. The van der Waals surface area contributed by atoms with Gasteiger partial charge < -0.3 is 9.88 Å². The molecule has 0 spiro atoms. The highest BCUT2D eigenvalue weighted by Crippen LogP contribution is 2.41. The van der Waals surface area contributed by atoms with Crippen molar-refractivity contribution < 1.29 is 0 Å². The topological polar surface area (TPSA) is 42.7 Å². The van der Waals surface area contributed by atoms with Crippen LogP contribution in [0, 0.1) is 18.3 Å². The van der Waals surface area contributed by atoms with Crippen molar-refractivity contribution in [3.05, 3.63) is 72.7 Å². The van der Waals surface area contributed by atoms with Crippen LogP contribution in [0.2, 0.25) is 0 Å². The normalized spacial score (nSPS) is 20.4. The zero-order chi connectivity index (χ0) is 22.3. The lowest BCUT2D eigenvalue weighted by Crippen LogP contribution is -2.35. The molecule has 2 heterocycles. The van der Waals surface area contributed by atoms with Crippen LogP contribution in [0.25, 0.3) is 27.8 Å². The lowest BCUT2D eigenvalue weighted by Gasteiger charge is -2.39. The van der Waals surface area contributed by atoms with Crippen molar-refractivity contribution in [3.63, 3.8) is 0 Å². The van der Waals surface area contributed by atoms with Gasteiger partial charge in [-0.05, 0) is 60.8 Å². The third kappa shape index (κ3) is 4.02. The van der Waals surface area contributed by atoms with Crippen LogP contribution in [-0.2, 0) is 0 Å². The summed E-state index contributed by atoms with van der Waals surface area (Å²) in [5, 5.41) is 4.93. The predicted octanol–water partition coefficient (Wildman–Crippen LogP) is 7.02. The fourth-order valence-electron chi connectivity index (χ4n) is 5.63. The molecule has 4 nitrogen and oxygen atoms in total. The molecular formula is C28H32N4. The Hall–Kier alpha value is -3.14. The predicted molar refractivity (Wildman–Crippen MR) is 133 cm³/mol. The summed E-state index contributed by atoms with van der Waals surface area (Å²) in [5.41, 5.74) is 5.98. The Morgan fingerprint density at radius 3 is 2.56 bits per heavy atom. The Morgan fingerprint density at radius 1 is 1.00 bits per heavy atom. The Bertz CT molecular complexity index is 1240. The van der Waals surface area contributed by atoms with E-state index < -0.39 is 0 Å². The lowest BCUT2D eigenvalue weighted by atomic mass is 9.70. The highest BCUT2D eigenvalue weighted by molar-refractivity contribution is 6.02. The van der Waals surface area contributed by atoms with Crippen LogP contribution >= 0.6 is 0 Å². The second-order valence-corrected chi connectivity index (χ2v) is 10.3. The molecule has 2 unspecified atom stereocenters. The summed E-state index contributed by atoms with van der Waals surface area (Å²) in [6, 6.07) is 19.6. The van der Waals surface area contributed by atoms with E-state index >= 15 is 0 Å². The van der Waals surface area contributed by atoms with Crippen LogP contribution in [0.3, 0.4) is 0 Å². The zero-order valence-electron chi connectivity index (χ0n) is 19.5. The molecule has 5 rings (SSSR count). The van der Waals surface area contributed by atoms with Crippen LogP contribution in [0.1, 0.15) is 45.6 Å². The number of nitrogens with zero attached hydrogens (tertiary/aromatic N) is 3. The highest BCUT2D eigenvalue weighted by atomic mass is 15.1. The molecule has 0 radical (unpaired) electrons. The van der Waals surface area contributed by atoms with E-state index in [1.165, 1.54) is 24.0 Å². The molecule has 4 aromatic rings. The first-order chi connectivity index (χ1) is 15.4. The maximum absolute atomic E-state index is 4.75. The number of anilines is 1. The maximum Gasteiger partial charge on any atom is 0.150 e. The van der Waals surface area contributed by atoms with E-state index in [-0.39, 0.29) is 0 Å². The number of aromatic nitrogens is 3. The molecule has 0 bridgehead atoms. The molecule has 1 saturated carbocycles. The van der Waals surface area contributed by atoms with E-state index in [1.807, 2.05) is 0 Å². The molecule has 2 aromatic heterocycles. The van der Waals surface area contributed by atoms with Crippen molar-refractivity contribution in [2.45, 2.75) is 53.0 Å². The first-order valence-corrected chi connectivity index (χ1v) is 11.6. The monoisotopic (exact) mass is 424 g/mol. The van der Waals surface area contributed by atoms with Crippen LogP contribution in [-0.4, -0.2) is 20.6 Å². The van der Waals surface area contributed by atoms with E-state index in [0.717, 1.165) is 34.5 Å². The van der Waals surface area contributed by atoms with Gasteiger partial charge in [0.1, 0.15) is 12.1 Å². The third-order valence-electron chi connectivity index (χ3n) is 6.68. The minimum atomic E-state index is 0.344. The van der Waals surface area contributed by atoms with E-state index in [0.29, 0.717) is 17.4 Å². The second-order valence-electron chi connectivity index (χ2n) is 10.3. The van der Waals surface area contributed by atoms with Gasteiger partial charge in [0.05, 0.1) is 5.39 Å². The van der Waals surface area contributed by atoms with Crippen molar-refractivity contribution in [3.8, 4) is 16.8 Å². The third-order valence-corrected chi connectivity index (χ3v) is 6.68. The van der Waals surface area contributed by atoms with E-state index in [9.17, 15) is 0 Å². The average Bonchev–Trinajstić information content (AvgIpc) is 3.14. The van der Waals surface area contributed by atoms with E-state index in [4.69, 9.17) is 9.97 Å². The number of benzene rings is 2. The summed E-state index contributed by atoms with van der Waals surface area (Å²) in [7, 11) is 0. The minimum absolute atomic E-state index is 0.344. The highest BCUT2D eigenvalue weighted by Gasteiger charge is 2.32. The van der Waals surface area contributed by atoms with E-state index in [2.05, 4.69) is 98.4 Å². The number of rotatable bonds is 4. The van der Waals surface area contributed by atoms with Gasteiger partial charge in [0.25, 0.3) is 0 Å². The maximum atomic E-state index is 4.75. The number of hydrogen-bond acceptors (Lipinski definition) is 3. The van der Waals surface area contributed by atoms with Crippen LogP contribution in [0.15, 0.2) is 67.1 Å². The molecule has 2 atom stereocenters. The Kier molecular flexibility index (Phi) is 5.24. The molecule has 0 amide bonds. The van der Waals surface area contributed by atoms with Gasteiger partial charge in [-0.15, -0.1) is 0 Å². The lowest BCUT2D eigenvalue weighted by molar-refractivity contribution is 0.178. The van der Waals surface area contributed by atoms with Crippen LogP contribution in [0.5, 0.6) is 0 Å². The molecule has 2 aromatic carbocycles. The average molecular weight is 425 g/mol. The van der Waals surface area contributed by atoms with Crippen molar-refractivity contribution in [2.75, 3.05) is 5.32 Å². The molecule has 0 aliphatic heterocycles. The van der Waals surface area contributed by atoms with Crippen molar-refractivity contribution in [1.29, 1.82) is 0 Å². The van der Waals surface area contributed by atoms with Gasteiger partial charge in [0.15, 0.2) is 5.65 Å². The van der Waals surface area contributed by atoms with Crippen molar-refractivity contribution in [1.82, 2.24) is 14.5 Å². The number of nitrogens with one attached hydrogen (secondary N) is 1. The Balaban J connectivity index is 1.66. The number of fused-ring (bicyclic) bond motifs is 1. The summed E-state index contributed by atoms with van der Waals surface area (Å²) < 4.78 is 2.20. The first-order valence-electron chi connectivity index (χ1n) is 11.6. The Labute approximate surface area is 190 Å². The smallest absolute Gasteiger partial charge is 0.150 e. The summed E-state index contributed by atoms with van der Waals surface area (Å²) >= 11 is 0. The summed E-state index contributed by atoms with van der Waals surface area (Å²) in [5.74, 6) is 1.65. The van der Waals surface area contributed by atoms with Gasteiger partial charge >= 0.3 is 0 Å². The fraction of sp³-hybridized carbons (Fsp3) is 0.357. The van der Waals surface area contributed by atoms with Crippen LogP contribution < -0.4 is 5.32 Å². The van der Waals surface area contributed by atoms with Crippen LogP contribution in [0.4, 0.5) is 5.82 Å². The SMILES string of the molecule is Cc1cccc(-n2cc(-c3ccccc3)c3c(NC4CC(C)CC(C)(C)C4)ncnc32)c1. The van der Waals surface area contributed by atoms with Gasteiger partial charge in [-0.1, -0.05) is 63.2 Å². The quantitative estimate of drug-likeness (QED) is 0.383. The van der Waals surface area contributed by atoms with Gasteiger partial charge in [0.2, 0.25) is 0 Å². The first kappa shape index (κ1) is 20.7. The minimum Gasteiger partial charge on any atom is -0.367 e. The molecule has 32 heavy (non-hydrogen) atoms. The molecule has 1 aliphatic carbocycles. The largest absolute Gasteiger partial charge is 0.367 e. The van der Waals surface area contributed by atoms with Gasteiger partial charge in [-0.2, -0.15) is 0 Å². The van der Waals surface area contributed by atoms with Crippen molar-refractivity contribution in [2.24, 2.45) is 11.3 Å². The molecule has 164 valence electrons. The molecule has 1 N–H and O–H groups in total. The van der Waals surface area contributed by atoms with Gasteiger partial charge in [0, 0.05) is 23.5 Å². The fourth-order valence-corrected chi connectivity index (χ4v) is 5.63. The molecule has 0 saturated heterocycles. The summed E-state index contributed by atoms with van der Waals surface area (Å²) in [6.07, 6.45) is 7.52. The standard InChI is InChI=1S/C28H32N4/c1-19-9-8-12-23(14-19)32-17-24(21-10-6-5-7-11-21)25-26(29-18-30-27(25)32)31-22-13-20(2)15-28(3,4)16-22/h5-12,14,17-18,20,22H,13,15-16H2,1-4H3,(H,29,30,31). The Morgan fingerprint density at radius 2 is 1.81 bits per heavy atom. The number of aryl methyl sites for hydroxylation is 1. The van der Waals surface area contributed by atoms with Gasteiger partial charge in [-0.3, -0.25) is 0 Å². The molecule has 1 fully saturated rings. The zero-order valence-corrected chi connectivity index (χ0v) is 19.5. The molecule has 4 heteroatoms. The molecular weight excluding hydrogens is 392 g/mol. The van der Waals surface area contributed by atoms with E-state index in [1.54, 1.807) is 6.33 Å². The van der Waals surface area contributed by atoms with Gasteiger partial charge in [-0.25, -0.2) is 9.97 Å². The van der Waals surface area contributed by atoms with Crippen molar-refractivity contribution >= 4 is 16.9 Å². The number of hydrogen-bond donors (Lipinski definition) is 1.